The van der Waals surface area contributed by atoms with Gasteiger partial charge in [0.15, 0.2) is 0 Å². The van der Waals surface area contributed by atoms with Crippen LogP contribution in [0.5, 0.6) is 0 Å². The molecule has 4 heteroatoms. The number of carbonyl (C=O) groups is 1. The number of carbonyl (C=O) groups excluding carboxylic acids is 1. The summed E-state index contributed by atoms with van der Waals surface area (Å²) in [6.07, 6.45) is 1.09. The molecule has 0 bridgehead atoms. The van der Waals surface area contributed by atoms with Gasteiger partial charge in [-0.3, -0.25) is 4.79 Å². The Morgan fingerprint density at radius 2 is 2.11 bits per heavy atom. The van der Waals surface area contributed by atoms with Crippen molar-refractivity contribution < 1.29 is 9.90 Å². The maximum Gasteiger partial charge on any atom is 0.222 e. The van der Waals surface area contributed by atoms with Crippen molar-refractivity contribution in [1.29, 1.82) is 0 Å². The van der Waals surface area contributed by atoms with Gasteiger partial charge < -0.3 is 15.7 Å². The van der Waals surface area contributed by atoms with Crippen LogP contribution in [0, 0.1) is 0 Å². The van der Waals surface area contributed by atoms with E-state index in [9.17, 15) is 9.90 Å². The van der Waals surface area contributed by atoms with Crippen molar-refractivity contribution in [2.24, 2.45) is 0 Å². The lowest BCUT2D eigenvalue weighted by molar-refractivity contribution is -0.132. The number of benzene rings is 1. The normalized spacial score (nSPS) is 11.3. The third-order valence-electron chi connectivity index (χ3n) is 2.63. The summed E-state index contributed by atoms with van der Waals surface area (Å²) in [4.78, 5) is 13.4. The minimum absolute atomic E-state index is 0.0274. The molecule has 0 fully saturated rings. The summed E-state index contributed by atoms with van der Waals surface area (Å²) in [5.74, 6) is 0.0274. The largest absolute Gasteiger partial charge is 0.399 e. The Bertz CT molecular complexity index is 411. The molecular weight excluding hydrogens is 228 g/mol. The number of hydrogen-bond acceptors (Lipinski definition) is 3. The highest BCUT2D eigenvalue weighted by Crippen LogP contribution is 2.10. The lowest BCUT2D eigenvalue weighted by Crippen LogP contribution is -2.39. The van der Waals surface area contributed by atoms with E-state index in [2.05, 4.69) is 0 Å². The summed E-state index contributed by atoms with van der Waals surface area (Å²) >= 11 is 0. The lowest BCUT2D eigenvalue weighted by Gasteiger charge is -2.25. The molecule has 1 aromatic carbocycles. The molecule has 0 atom stereocenters. The number of rotatable bonds is 5. The molecule has 1 aromatic rings. The molecule has 1 amide bonds. The number of amides is 1. The molecule has 0 aliphatic carbocycles. The summed E-state index contributed by atoms with van der Waals surface area (Å²) in [6, 6.07) is 7.55. The number of aliphatic hydroxyl groups is 1. The Morgan fingerprint density at radius 1 is 1.44 bits per heavy atom. The van der Waals surface area contributed by atoms with Gasteiger partial charge in [-0.25, -0.2) is 0 Å². The van der Waals surface area contributed by atoms with Crippen molar-refractivity contribution in [3.63, 3.8) is 0 Å². The van der Waals surface area contributed by atoms with Gasteiger partial charge in [0.05, 0.1) is 5.60 Å². The molecule has 0 spiro atoms. The second-order valence-corrected chi connectivity index (χ2v) is 5.31. The molecule has 4 nitrogen and oxygen atoms in total. The van der Waals surface area contributed by atoms with Crippen molar-refractivity contribution in [1.82, 2.24) is 4.90 Å². The predicted molar refractivity (Wildman–Crippen MR) is 73.1 cm³/mol. The van der Waals surface area contributed by atoms with Crippen molar-refractivity contribution in [2.75, 3.05) is 19.3 Å². The van der Waals surface area contributed by atoms with E-state index in [1.807, 2.05) is 24.3 Å². The first-order chi connectivity index (χ1) is 8.28. The fourth-order valence-corrected chi connectivity index (χ4v) is 1.86. The Morgan fingerprint density at radius 3 is 2.67 bits per heavy atom. The summed E-state index contributed by atoms with van der Waals surface area (Å²) in [7, 11) is 1.71. The number of anilines is 1. The number of likely N-dealkylation sites (N-methyl/N-ethyl adjacent to an activating group) is 1. The SMILES string of the molecule is CN(CC(C)(C)O)C(=O)CCc1cccc(N)c1. The molecule has 0 aliphatic heterocycles. The fourth-order valence-electron chi connectivity index (χ4n) is 1.86. The monoisotopic (exact) mass is 250 g/mol. The molecule has 1 rings (SSSR count). The van der Waals surface area contributed by atoms with Crippen LogP contribution in [0.2, 0.25) is 0 Å². The Hall–Kier alpha value is -1.55. The van der Waals surface area contributed by atoms with Crippen molar-refractivity contribution >= 4 is 11.6 Å². The van der Waals surface area contributed by atoms with Crippen molar-refractivity contribution in [2.45, 2.75) is 32.3 Å². The van der Waals surface area contributed by atoms with Crippen LogP contribution in [-0.2, 0) is 11.2 Å². The van der Waals surface area contributed by atoms with Gasteiger partial charge in [0.25, 0.3) is 0 Å². The van der Waals surface area contributed by atoms with E-state index in [1.54, 1.807) is 25.8 Å². The molecule has 0 aromatic heterocycles. The van der Waals surface area contributed by atoms with E-state index < -0.39 is 5.60 Å². The molecule has 0 aliphatic rings. The number of nitrogens with two attached hydrogens (primary N) is 1. The third-order valence-corrected chi connectivity index (χ3v) is 2.63. The average Bonchev–Trinajstić information content (AvgIpc) is 2.23. The average molecular weight is 250 g/mol. The topological polar surface area (TPSA) is 66.6 Å². The number of nitrogen functional groups attached to an aromatic ring is 1. The molecule has 0 radical (unpaired) electrons. The van der Waals surface area contributed by atoms with Crippen LogP contribution in [0.25, 0.3) is 0 Å². The summed E-state index contributed by atoms with van der Waals surface area (Å²) in [6.45, 7) is 3.71. The number of nitrogens with zero attached hydrogens (tertiary/aromatic N) is 1. The molecule has 100 valence electrons. The highest BCUT2D eigenvalue weighted by Gasteiger charge is 2.18. The molecule has 0 unspecified atom stereocenters. The van der Waals surface area contributed by atoms with E-state index >= 15 is 0 Å². The summed E-state index contributed by atoms with van der Waals surface area (Å²) in [5, 5.41) is 9.65. The van der Waals surface area contributed by atoms with Gasteiger partial charge in [-0.1, -0.05) is 12.1 Å². The Kier molecular flexibility index (Phi) is 4.73. The van der Waals surface area contributed by atoms with Gasteiger partial charge in [-0.2, -0.15) is 0 Å². The van der Waals surface area contributed by atoms with Crippen LogP contribution in [0.15, 0.2) is 24.3 Å². The molecule has 0 saturated heterocycles. The van der Waals surface area contributed by atoms with E-state index in [0.717, 1.165) is 5.56 Å². The predicted octanol–water partition coefficient (Wildman–Crippen LogP) is 1.43. The Balaban J connectivity index is 2.46. The second kappa shape index (κ2) is 5.87. The molecule has 0 saturated carbocycles. The maximum absolute atomic E-state index is 11.9. The van der Waals surface area contributed by atoms with Crippen LogP contribution < -0.4 is 5.73 Å². The summed E-state index contributed by atoms with van der Waals surface area (Å²) in [5.41, 5.74) is 6.59. The highest BCUT2D eigenvalue weighted by molar-refractivity contribution is 5.76. The van der Waals surface area contributed by atoms with Crippen LogP contribution in [-0.4, -0.2) is 35.1 Å². The zero-order valence-corrected chi connectivity index (χ0v) is 11.3. The first kappa shape index (κ1) is 14.5. The standard InChI is InChI=1S/C14H22N2O2/c1-14(2,18)10-16(3)13(17)8-7-11-5-4-6-12(15)9-11/h4-6,9,18H,7-8,10,15H2,1-3H3. The van der Waals surface area contributed by atoms with Crippen molar-refractivity contribution in [3.05, 3.63) is 29.8 Å². The second-order valence-electron chi connectivity index (χ2n) is 5.31. The van der Waals surface area contributed by atoms with Gasteiger partial charge in [0.2, 0.25) is 5.91 Å². The molecule has 18 heavy (non-hydrogen) atoms. The minimum atomic E-state index is -0.860. The van der Waals surface area contributed by atoms with E-state index in [4.69, 9.17) is 5.73 Å². The van der Waals surface area contributed by atoms with Crippen LogP contribution in [0.3, 0.4) is 0 Å². The quantitative estimate of drug-likeness (QED) is 0.777. The van der Waals surface area contributed by atoms with Crippen LogP contribution in [0.1, 0.15) is 25.8 Å². The molecular formula is C14H22N2O2. The smallest absolute Gasteiger partial charge is 0.222 e. The molecule has 0 heterocycles. The van der Waals surface area contributed by atoms with Crippen LogP contribution in [0.4, 0.5) is 5.69 Å². The van der Waals surface area contributed by atoms with Gasteiger partial charge >= 0.3 is 0 Å². The number of hydrogen-bond donors (Lipinski definition) is 2. The fraction of sp³-hybridized carbons (Fsp3) is 0.500. The maximum atomic E-state index is 11.9. The highest BCUT2D eigenvalue weighted by atomic mass is 16.3. The lowest BCUT2D eigenvalue weighted by atomic mass is 10.1. The number of aryl methyl sites for hydroxylation is 1. The van der Waals surface area contributed by atoms with Gasteiger partial charge in [0.1, 0.15) is 0 Å². The zero-order chi connectivity index (χ0) is 13.8. The van der Waals surface area contributed by atoms with Crippen molar-refractivity contribution in [3.8, 4) is 0 Å². The summed E-state index contributed by atoms with van der Waals surface area (Å²) < 4.78 is 0. The van der Waals surface area contributed by atoms with Gasteiger partial charge in [-0.15, -0.1) is 0 Å². The van der Waals surface area contributed by atoms with E-state index in [-0.39, 0.29) is 5.91 Å². The Labute approximate surface area is 108 Å². The van der Waals surface area contributed by atoms with E-state index in [0.29, 0.717) is 25.1 Å². The van der Waals surface area contributed by atoms with Gasteiger partial charge in [-0.05, 0) is 38.0 Å². The minimum Gasteiger partial charge on any atom is -0.399 e. The van der Waals surface area contributed by atoms with Gasteiger partial charge in [0, 0.05) is 25.7 Å². The first-order valence-corrected chi connectivity index (χ1v) is 6.09. The van der Waals surface area contributed by atoms with E-state index in [1.165, 1.54) is 0 Å². The first-order valence-electron chi connectivity index (χ1n) is 6.09. The zero-order valence-electron chi connectivity index (χ0n) is 11.3. The molecule has 3 N–H and O–H groups in total. The van der Waals surface area contributed by atoms with Crippen LogP contribution >= 0.6 is 0 Å². The third kappa shape index (κ3) is 5.19.